The molecule has 0 N–H and O–H groups in total. The molecule has 1 rings (SSSR count). The number of carbonyl (C=O) groups excluding carboxylic acids is 3. The van der Waals surface area contributed by atoms with Gasteiger partial charge in [-0.05, 0) is 6.42 Å². The van der Waals surface area contributed by atoms with Crippen molar-refractivity contribution in [1.29, 1.82) is 0 Å². The van der Waals surface area contributed by atoms with Crippen LogP contribution in [0.15, 0.2) is 0 Å². The molecule has 11 heteroatoms. The van der Waals surface area contributed by atoms with Crippen LogP contribution in [0.1, 0.15) is 20.3 Å². The van der Waals surface area contributed by atoms with Crippen LogP contribution in [0, 0.1) is 5.92 Å². The molecule has 5 amide bonds. The predicted octanol–water partition coefficient (Wildman–Crippen LogP) is 3.11. The van der Waals surface area contributed by atoms with E-state index >= 15 is 0 Å². The molecule has 1 fully saturated rings. The van der Waals surface area contributed by atoms with Crippen molar-refractivity contribution in [3.05, 3.63) is 0 Å². The molecule has 0 bridgehead atoms. The molecule has 0 aromatic rings. The van der Waals surface area contributed by atoms with Crippen molar-refractivity contribution in [2.75, 3.05) is 13.6 Å². The summed E-state index contributed by atoms with van der Waals surface area (Å²) in [5.74, 6) is -0.530. The van der Waals surface area contributed by atoms with Crippen LogP contribution in [0.25, 0.3) is 0 Å². The molecule has 3 unspecified atom stereocenters. The van der Waals surface area contributed by atoms with Crippen molar-refractivity contribution in [2.45, 2.75) is 26.4 Å². The zero-order valence-electron chi connectivity index (χ0n) is 11.6. The third kappa shape index (κ3) is 3.32. The molecule has 0 aromatic carbocycles. The van der Waals surface area contributed by atoms with Gasteiger partial charge in [0.05, 0.1) is 13.6 Å². The van der Waals surface area contributed by atoms with Gasteiger partial charge in [-0.1, -0.05) is 13.8 Å². The maximum atomic E-state index is 12.5. The summed E-state index contributed by atoms with van der Waals surface area (Å²) in [5.41, 5.74) is 0. The first-order valence-electron chi connectivity index (χ1n) is 6.08. The topological polar surface area (TPSA) is 60.9 Å². The molecule has 7 nitrogen and oxygen atoms in total. The third-order valence-corrected chi connectivity index (χ3v) is 4.39. The first-order chi connectivity index (χ1) is 9.57. The van der Waals surface area contributed by atoms with Gasteiger partial charge in [-0.25, -0.2) is 14.4 Å². The Bertz CT molecular complexity index is 464. The van der Waals surface area contributed by atoms with E-state index in [1.54, 1.807) is 0 Å². The number of hydrogen-bond acceptors (Lipinski definition) is 3. The van der Waals surface area contributed by atoms with E-state index < -0.39 is 28.6 Å². The normalized spacial score (nSPS) is 27.0. The van der Waals surface area contributed by atoms with Crippen molar-refractivity contribution in [2.24, 2.45) is 5.92 Å². The van der Waals surface area contributed by atoms with Crippen LogP contribution in [0.3, 0.4) is 0 Å². The van der Waals surface area contributed by atoms with Gasteiger partial charge in [0, 0.05) is 53.0 Å². The van der Waals surface area contributed by atoms with Crippen LogP contribution < -0.4 is 0 Å². The second kappa shape index (κ2) is 6.75. The summed E-state index contributed by atoms with van der Waals surface area (Å²) in [6.45, 7) is 4.09. The molecule has 0 radical (unpaired) electrons. The van der Waals surface area contributed by atoms with Crippen LogP contribution in [-0.2, 0) is 4.79 Å². The lowest BCUT2D eigenvalue weighted by atomic mass is 10.1. The van der Waals surface area contributed by atoms with Crippen LogP contribution in [-0.4, -0.2) is 55.0 Å². The number of imide groups is 1. The Balaban J connectivity index is 3.09. The average Bonchev–Trinajstić information content (AvgIpc) is 2.59. The van der Waals surface area contributed by atoms with E-state index in [9.17, 15) is 14.4 Å². The Hall–Kier alpha value is -0.470. The lowest BCUT2D eigenvalue weighted by molar-refractivity contribution is -0.751. The summed E-state index contributed by atoms with van der Waals surface area (Å²) in [5, 5.41) is 0. The summed E-state index contributed by atoms with van der Waals surface area (Å²) in [6.07, 6.45) is -0.704. The molecule has 1 aliphatic heterocycles. The minimum atomic E-state index is -1.48. The third-order valence-electron chi connectivity index (χ3n) is 3.44. The molecule has 0 aliphatic carbocycles. The maximum absolute atomic E-state index is 12.5. The number of amides is 5. The highest BCUT2D eigenvalue weighted by atomic mass is 35.5. The zero-order chi connectivity index (χ0) is 16.5. The van der Waals surface area contributed by atoms with Crippen LogP contribution in [0.4, 0.5) is 9.59 Å². The van der Waals surface area contributed by atoms with Gasteiger partial charge in [0.25, 0.3) is 6.17 Å². The van der Waals surface area contributed by atoms with E-state index in [-0.39, 0.29) is 16.4 Å². The van der Waals surface area contributed by atoms with E-state index in [0.717, 1.165) is 6.42 Å². The first-order valence-corrected chi connectivity index (χ1v) is 7.43. The van der Waals surface area contributed by atoms with Crippen molar-refractivity contribution in [1.82, 2.24) is 12.8 Å². The number of quaternary nitrogens is 1. The minimum absolute atomic E-state index is 0.101. The summed E-state index contributed by atoms with van der Waals surface area (Å²) >= 11 is 22.1. The summed E-state index contributed by atoms with van der Waals surface area (Å²) in [6, 6.07) is -1.75. The predicted molar refractivity (Wildman–Crippen MR) is 79.0 cm³/mol. The quantitative estimate of drug-likeness (QED) is 0.427. The van der Waals surface area contributed by atoms with Gasteiger partial charge >= 0.3 is 18.0 Å². The number of rotatable bonds is 4. The summed E-state index contributed by atoms with van der Waals surface area (Å²) < 4.78 is 0.553. The smallest absolute Gasteiger partial charge is 0.244 e. The maximum Gasteiger partial charge on any atom is 0.443 e. The van der Waals surface area contributed by atoms with Crippen molar-refractivity contribution < 1.29 is 18.9 Å². The number of halogens is 4. The standard InChI is InChI=1S/C10H15Cl4N4O3/c1-4-6(2)5-18(3)8(19)7(16(12)10(18)21)15(11)9(20)17(13)14/h6-7H,4-5H2,1-3H3/q+1. The molecule has 1 heterocycles. The molecule has 3 atom stereocenters. The average molecular weight is 381 g/mol. The molecule has 0 aromatic heterocycles. The zero-order valence-corrected chi connectivity index (χ0v) is 14.6. The molecule has 120 valence electrons. The lowest BCUT2D eigenvalue weighted by Gasteiger charge is -2.25. The molecular formula is C10H15Cl4N4O3+. The number of hydrogen-bond donors (Lipinski definition) is 0. The SMILES string of the molecule is CCC(C)C[N+]1(C)C(=O)C(N(Cl)C(=O)N(Cl)Cl)N(Cl)C1=O. The fraction of sp³-hybridized carbons (Fsp3) is 0.700. The monoisotopic (exact) mass is 379 g/mol. The number of nitrogens with zero attached hydrogens (tertiary/aromatic N) is 4. The second-order valence-corrected chi connectivity index (χ2v) is 6.60. The van der Waals surface area contributed by atoms with Gasteiger partial charge in [0.15, 0.2) is 0 Å². The number of carbonyl (C=O) groups is 3. The van der Waals surface area contributed by atoms with Gasteiger partial charge in [-0.15, -0.1) is 3.94 Å². The van der Waals surface area contributed by atoms with E-state index in [0.29, 0.717) is 8.84 Å². The van der Waals surface area contributed by atoms with E-state index in [1.165, 1.54) is 7.05 Å². The highest BCUT2D eigenvalue weighted by Crippen LogP contribution is 2.31. The van der Waals surface area contributed by atoms with E-state index in [4.69, 9.17) is 47.1 Å². The highest BCUT2D eigenvalue weighted by molar-refractivity contribution is 6.43. The molecule has 21 heavy (non-hydrogen) atoms. The van der Waals surface area contributed by atoms with Crippen molar-refractivity contribution in [3.63, 3.8) is 0 Å². The molecule has 1 saturated heterocycles. The summed E-state index contributed by atoms with van der Waals surface area (Å²) in [7, 11) is 1.43. The molecule has 1 aliphatic rings. The van der Waals surface area contributed by atoms with Gasteiger partial charge in [-0.3, -0.25) is 0 Å². The highest BCUT2D eigenvalue weighted by Gasteiger charge is 2.61. The molecule has 0 saturated carbocycles. The summed E-state index contributed by atoms with van der Waals surface area (Å²) in [4.78, 5) is 36.4. The van der Waals surface area contributed by atoms with Crippen molar-refractivity contribution >= 4 is 65.1 Å². The minimum Gasteiger partial charge on any atom is -0.244 e. The second-order valence-electron chi connectivity index (χ2n) is 5.02. The fourth-order valence-electron chi connectivity index (χ4n) is 2.04. The lowest BCUT2D eigenvalue weighted by Crippen LogP contribution is -2.53. The fourth-order valence-corrected chi connectivity index (χ4v) is 2.91. The Morgan fingerprint density at radius 1 is 1.38 bits per heavy atom. The number of urea groups is 2. The van der Waals surface area contributed by atoms with Gasteiger partial charge in [-0.2, -0.15) is 13.3 Å². The van der Waals surface area contributed by atoms with Gasteiger partial charge in [0.2, 0.25) is 0 Å². The first kappa shape index (κ1) is 18.6. The Kier molecular flexibility index (Phi) is 5.97. The van der Waals surface area contributed by atoms with E-state index in [2.05, 4.69) is 0 Å². The Morgan fingerprint density at radius 2 is 1.90 bits per heavy atom. The van der Waals surface area contributed by atoms with Gasteiger partial charge in [0.1, 0.15) is 0 Å². The van der Waals surface area contributed by atoms with Gasteiger partial charge < -0.3 is 0 Å². The Labute approximate surface area is 142 Å². The Morgan fingerprint density at radius 3 is 2.33 bits per heavy atom. The van der Waals surface area contributed by atoms with Crippen LogP contribution in [0.2, 0.25) is 0 Å². The molecule has 0 spiro atoms. The van der Waals surface area contributed by atoms with Crippen molar-refractivity contribution in [3.8, 4) is 0 Å². The van der Waals surface area contributed by atoms with Crippen LogP contribution in [0.5, 0.6) is 0 Å². The largest absolute Gasteiger partial charge is 0.443 e. The number of likely N-dealkylation sites (N-methyl/N-ethyl adjacent to an activating group) is 1. The van der Waals surface area contributed by atoms with E-state index in [1.807, 2.05) is 13.8 Å². The molecular weight excluding hydrogens is 366 g/mol. The van der Waals surface area contributed by atoms with Crippen LogP contribution >= 0.6 is 47.1 Å².